The molecule has 0 unspecified atom stereocenters. The number of hydrogen-bond donors (Lipinski definition) is 2. The lowest BCUT2D eigenvalue weighted by atomic mass is 10.2. The van der Waals surface area contributed by atoms with Crippen LogP contribution in [0.2, 0.25) is 0 Å². The van der Waals surface area contributed by atoms with Crippen LogP contribution in [0.5, 0.6) is 0 Å². The van der Waals surface area contributed by atoms with Crippen molar-refractivity contribution >= 4 is 5.91 Å². The van der Waals surface area contributed by atoms with Crippen LogP contribution in [0.3, 0.4) is 0 Å². The van der Waals surface area contributed by atoms with Gasteiger partial charge in [0, 0.05) is 18.2 Å². The van der Waals surface area contributed by atoms with Crippen LogP contribution in [-0.4, -0.2) is 37.1 Å². The van der Waals surface area contributed by atoms with Gasteiger partial charge < -0.3 is 5.32 Å². The topological polar surface area (TPSA) is 88.5 Å². The van der Waals surface area contributed by atoms with Crippen LogP contribution in [0, 0.1) is 0 Å². The third kappa shape index (κ3) is 2.37. The van der Waals surface area contributed by atoms with Crippen LogP contribution >= 0.6 is 0 Å². The second-order valence-corrected chi connectivity index (χ2v) is 5.33. The molecule has 0 radical (unpaired) electrons. The Morgan fingerprint density at radius 3 is 2.91 bits per heavy atom. The van der Waals surface area contributed by atoms with Crippen LogP contribution in [0.4, 0.5) is 0 Å². The molecule has 4 rings (SSSR count). The molecule has 0 aliphatic heterocycles. The molecule has 22 heavy (non-hydrogen) atoms. The largest absolute Gasteiger partial charge is 0.347 e. The van der Waals surface area contributed by atoms with Crippen molar-refractivity contribution in [1.82, 2.24) is 30.5 Å². The third-order valence-electron chi connectivity index (χ3n) is 3.81. The highest BCUT2D eigenvalue weighted by Gasteiger charge is 2.40. The minimum absolute atomic E-state index is 0.137. The average Bonchev–Trinajstić information content (AvgIpc) is 3.02. The zero-order valence-electron chi connectivity index (χ0n) is 11.7. The zero-order valence-corrected chi connectivity index (χ0v) is 11.7. The first-order valence-corrected chi connectivity index (χ1v) is 7.08. The number of amides is 1. The Kier molecular flexibility index (Phi) is 2.96. The summed E-state index contributed by atoms with van der Waals surface area (Å²) in [6, 6.07) is 10.1. The van der Waals surface area contributed by atoms with Gasteiger partial charge in [0.25, 0.3) is 5.91 Å². The van der Waals surface area contributed by atoms with Crippen molar-refractivity contribution in [3.05, 3.63) is 60.2 Å². The number of nitrogens with one attached hydrogen (secondary N) is 2. The molecule has 1 aliphatic rings. The second kappa shape index (κ2) is 5.10. The quantitative estimate of drug-likeness (QED) is 0.758. The molecular weight excluding hydrogens is 280 g/mol. The minimum atomic E-state index is -0.197. The molecular formula is C15H14N6O. The maximum absolute atomic E-state index is 11.9. The molecule has 2 atom stereocenters. The summed E-state index contributed by atoms with van der Waals surface area (Å²) in [5.74, 6) is 0.116. The number of para-hydroxylation sites is 1. The van der Waals surface area contributed by atoms with Gasteiger partial charge in [-0.05, 0) is 24.1 Å². The number of aromatic nitrogens is 5. The standard InChI is InChI=1S/C15H14N6O/c22-15(14-8-16-20-19-14)18-13-6-12(13)10-7-17-21(9-10)11-4-2-1-3-5-11/h1-5,7-9,12-13H,6H2,(H,18,22)(H,16,19,20)/t12-,13+/m0/s1. The maximum Gasteiger partial charge on any atom is 0.273 e. The van der Waals surface area contributed by atoms with Crippen molar-refractivity contribution in [3.8, 4) is 5.69 Å². The van der Waals surface area contributed by atoms with Gasteiger partial charge in [0.05, 0.1) is 18.1 Å². The van der Waals surface area contributed by atoms with Crippen molar-refractivity contribution < 1.29 is 4.79 Å². The number of rotatable bonds is 4. The molecule has 0 bridgehead atoms. The molecule has 2 heterocycles. The fourth-order valence-corrected chi connectivity index (χ4v) is 2.53. The molecule has 2 aromatic heterocycles. The lowest BCUT2D eigenvalue weighted by Crippen LogP contribution is -2.26. The predicted molar refractivity (Wildman–Crippen MR) is 78.6 cm³/mol. The minimum Gasteiger partial charge on any atom is -0.347 e. The average molecular weight is 294 g/mol. The monoisotopic (exact) mass is 294 g/mol. The summed E-state index contributed by atoms with van der Waals surface area (Å²) < 4.78 is 1.85. The molecule has 1 aromatic carbocycles. The number of carbonyl (C=O) groups excluding carboxylic acids is 1. The van der Waals surface area contributed by atoms with Crippen molar-refractivity contribution in [2.45, 2.75) is 18.4 Å². The van der Waals surface area contributed by atoms with Crippen molar-refractivity contribution in [2.75, 3.05) is 0 Å². The Morgan fingerprint density at radius 2 is 2.14 bits per heavy atom. The van der Waals surface area contributed by atoms with E-state index in [2.05, 4.69) is 25.8 Å². The van der Waals surface area contributed by atoms with E-state index in [4.69, 9.17) is 0 Å². The number of carbonyl (C=O) groups is 1. The van der Waals surface area contributed by atoms with Crippen LogP contribution in [0.25, 0.3) is 5.69 Å². The predicted octanol–water partition coefficient (Wildman–Crippen LogP) is 1.28. The second-order valence-electron chi connectivity index (χ2n) is 5.33. The molecule has 1 amide bonds. The van der Waals surface area contributed by atoms with E-state index in [1.54, 1.807) is 0 Å². The summed E-state index contributed by atoms with van der Waals surface area (Å²) in [5, 5.41) is 17.2. The van der Waals surface area contributed by atoms with Crippen molar-refractivity contribution in [1.29, 1.82) is 0 Å². The van der Waals surface area contributed by atoms with Gasteiger partial charge in [-0.25, -0.2) is 4.68 Å². The van der Waals surface area contributed by atoms with Crippen LogP contribution in [0.1, 0.15) is 28.4 Å². The van der Waals surface area contributed by atoms with Crippen LogP contribution < -0.4 is 5.32 Å². The first-order valence-electron chi connectivity index (χ1n) is 7.08. The SMILES string of the molecule is O=C(N[C@@H]1C[C@H]1c1cnn(-c2ccccc2)c1)c1cn[nH]n1. The van der Waals surface area contributed by atoms with Crippen molar-refractivity contribution in [2.24, 2.45) is 0 Å². The maximum atomic E-state index is 11.9. The first-order chi connectivity index (χ1) is 10.8. The summed E-state index contributed by atoms with van der Waals surface area (Å²) in [6.07, 6.45) is 6.21. The molecule has 1 aliphatic carbocycles. The van der Waals surface area contributed by atoms with Crippen molar-refractivity contribution in [3.63, 3.8) is 0 Å². The number of hydrogen-bond acceptors (Lipinski definition) is 4. The van der Waals surface area contributed by atoms with E-state index in [1.165, 1.54) is 6.20 Å². The van der Waals surface area contributed by atoms with E-state index in [1.807, 2.05) is 47.4 Å². The van der Waals surface area contributed by atoms with Crippen LogP contribution in [-0.2, 0) is 0 Å². The van der Waals surface area contributed by atoms with Gasteiger partial charge in [0.1, 0.15) is 0 Å². The van der Waals surface area contributed by atoms with Gasteiger partial charge in [-0.1, -0.05) is 18.2 Å². The number of H-pyrrole nitrogens is 1. The zero-order chi connectivity index (χ0) is 14.9. The van der Waals surface area contributed by atoms with Gasteiger partial charge in [-0.15, -0.1) is 0 Å². The van der Waals surface area contributed by atoms with Gasteiger partial charge >= 0.3 is 0 Å². The van der Waals surface area contributed by atoms with E-state index in [0.717, 1.165) is 17.7 Å². The van der Waals surface area contributed by atoms with Gasteiger partial charge in [-0.2, -0.15) is 20.5 Å². The van der Waals surface area contributed by atoms with E-state index in [0.29, 0.717) is 11.6 Å². The Hall–Kier alpha value is -2.96. The van der Waals surface area contributed by atoms with Gasteiger partial charge in [0.2, 0.25) is 0 Å². The molecule has 0 spiro atoms. The lowest BCUT2D eigenvalue weighted by molar-refractivity contribution is 0.0945. The smallest absolute Gasteiger partial charge is 0.273 e. The molecule has 7 heteroatoms. The molecule has 3 aromatic rings. The highest BCUT2D eigenvalue weighted by atomic mass is 16.2. The first kappa shape index (κ1) is 12.8. The van der Waals surface area contributed by atoms with Crippen LogP contribution in [0.15, 0.2) is 48.9 Å². The highest BCUT2D eigenvalue weighted by Crippen LogP contribution is 2.40. The molecule has 110 valence electrons. The van der Waals surface area contributed by atoms with E-state index < -0.39 is 0 Å². The normalized spacial score (nSPS) is 19.8. The van der Waals surface area contributed by atoms with E-state index in [9.17, 15) is 4.79 Å². The number of aromatic amines is 1. The fourth-order valence-electron chi connectivity index (χ4n) is 2.53. The summed E-state index contributed by atoms with van der Waals surface area (Å²) in [7, 11) is 0. The third-order valence-corrected chi connectivity index (χ3v) is 3.81. The highest BCUT2D eigenvalue weighted by molar-refractivity contribution is 5.92. The summed E-state index contributed by atoms with van der Waals surface area (Å²) in [5.41, 5.74) is 2.47. The Labute approximate surface area is 126 Å². The molecule has 1 saturated carbocycles. The van der Waals surface area contributed by atoms with Gasteiger partial charge in [-0.3, -0.25) is 4.79 Å². The van der Waals surface area contributed by atoms with E-state index in [-0.39, 0.29) is 11.9 Å². The number of benzene rings is 1. The Balaban J connectivity index is 1.43. The Morgan fingerprint density at radius 1 is 1.27 bits per heavy atom. The fraction of sp³-hybridized carbons (Fsp3) is 0.200. The molecule has 7 nitrogen and oxygen atoms in total. The molecule has 2 N–H and O–H groups in total. The molecule has 1 fully saturated rings. The number of nitrogens with zero attached hydrogens (tertiary/aromatic N) is 4. The summed E-state index contributed by atoms with van der Waals surface area (Å²) in [6.45, 7) is 0. The lowest BCUT2D eigenvalue weighted by Gasteiger charge is -2.01. The Bertz CT molecular complexity index is 779. The van der Waals surface area contributed by atoms with E-state index >= 15 is 0 Å². The summed E-state index contributed by atoms with van der Waals surface area (Å²) >= 11 is 0. The molecule has 0 saturated heterocycles. The van der Waals surface area contributed by atoms with Gasteiger partial charge in [0.15, 0.2) is 5.69 Å². The summed E-state index contributed by atoms with van der Waals surface area (Å²) in [4.78, 5) is 11.9.